The summed E-state index contributed by atoms with van der Waals surface area (Å²) in [6.07, 6.45) is 3.78. The van der Waals surface area contributed by atoms with Crippen molar-refractivity contribution in [2.24, 2.45) is 0 Å². The van der Waals surface area contributed by atoms with E-state index in [2.05, 4.69) is 6.58 Å². The molecule has 1 atom stereocenters. The maximum Gasteiger partial charge on any atom is 0.0577 e. The first-order valence-electron chi connectivity index (χ1n) is 4.76. The lowest BCUT2D eigenvalue weighted by Gasteiger charge is -2.07. The van der Waals surface area contributed by atoms with Crippen LogP contribution >= 0.6 is 11.6 Å². The molecule has 1 rings (SSSR count). The first kappa shape index (κ1) is 11.3. The van der Waals surface area contributed by atoms with Crippen LogP contribution in [0.2, 0.25) is 5.02 Å². The Hall–Kier alpha value is -0.790. The van der Waals surface area contributed by atoms with E-state index in [1.807, 2.05) is 24.3 Å². The Morgan fingerprint density at radius 1 is 1.36 bits per heavy atom. The van der Waals surface area contributed by atoms with Crippen molar-refractivity contribution < 1.29 is 5.11 Å². The zero-order valence-electron chi connectivity index (χ0n) is 8.12. The molecule has 0 saturated carbocycles. The molecule has 0 unspecified atom stereocenters. The van der Waals surface area contributed by atoms with Gasteiger partial charge in [-0.1, -0.05) is 29.8 Å². The maximum absolute atomic E-state index is 9.47. The molecule has 0 radical (unpaired) electrons. The van der Waals surface area contributed by atoms with Crippen molar-refractivity contribution in [2.45, 2.75) is 25.4 Å². The van der Waals surface area contributed by atoms with Crippen LogP contribution in [0, 0.1) is 0 Å². The third-order valence-electron chi connectivity index (χ3n) is 2.12. The molecule has 0 spiro atoms. The number of aliphatic hydroxyl groups is 1. The van der Waals surface area contributed by atoms with E-state index in [-0.39, 0.29) is 6.10 Å². The van der Waals surface area contributed by atoms with Crippen LogP contribution in [-0.4, -0.2) is 11.2 Å². The van der Waals surface area contributed by atoms with Crippen LogP contribution < -0.4 is 0 Å². The molecule has 2 heteroatoms. The zero-order valence-corrected chi connectivity index (χ0v) is 8.87. The van der Waals surface area contributed by atoms with Gasteiger partial charge in [0.1, 0.15) is 0 Å². The van der Waals surface area contributed by atoms with Crippen molar-refractivity contribution in [3.8, 4) is 0 Å². The Bertz CT molecular complexity index is 279. The van der Waals surface area contributed by atoms with Crippen LogP contribution in [0.25, 0.3) is 0 Å². The predicted molar refractivity (Wildman–Crippen MR) is 60.6 cm³/mol. The molecule has 14 heavy (non-hydrogen) atoms. The fourth-order valence-electron chi connectivity index (χ4n) is 1.29. The highest BCUT2D eigenvalue weighted by Crippen LogP contribution is 2.12. The molecule has 0 saturated heterocycles. The molecule has 0 aliphatic carbocycles. The summed E-state index contributed by atoms with van der Waals surface area (Å²) >= 11 is 5.76. The minimum Gasteiger partial charge on any atom is -0.393 e. The number of aliphatic hydroxyl groups excluding tert-OH is 1. The van der Waals surface area contributed by atoms with E-state index >= 15 is 0 Å². The average Bonchev–Trinajstić information content (AvgIpc) is 2.17. The summed E-state index contributed by atoms with van der Waals surface area (Å²) in [7, 11) is 0. The molecule has 0 bridgehead atoms. The summed E-state index contributed by atoms with van der Waals surface area (Å²) in [5, 5.41) is 10.2. The van der Waals surface area contributed by atoms with Crippen LogP contribution in [0.1, 0.15) is 18.4 Å². The molecule has 0 fully saturated rings. The van der Waals surface area contributed by atoms with E-state index in [4.69, 9.17) is 11.6 Å². The molecule has 0 aliphatic heterocycles. The summed E-state index contributed by atoms with van der Waals surface area (Å²) in [5.74, 6) is 0. The molecule has 0 aromatic heterocycles. The van der Waals surface area contributed by atoms with E-state index in [1.165, 1.54) is 5.56 Å². The molecule has 1 N–H and O–H groups in total. The van der Waals surface area contributed by atoms with Crippen molar-refractivity contribution >= 4 is 11.6 Å². The standard InChI is InChI=1S/C12H15ClO/c1-2-3-12(14)9-6-10-4-7-11(13)8-5-10/h2,4-5,7-8,12,14H,1,3,6,9H2/t12-/m1/s1. The zero-order chi connectivity index (χ0) is 10.4. The minimum atomic E-state index is -0.275. The second-order valence-corrected chi connectivity index (χ2v) is 3.78. The third-order valence-corrected chi connectivity index (χ3v) is 2.37. The Morgan fingerprint density at radius 2 is 2.00 bits per heavy atom. The lowest BCUT2D eigenvalue weighted by Crippen LogP contribution is -2.06. The minimum absolute atomic E-state index is 0.275. The molecule has 0 heterocycles. The SMILES string of the molecule is C=CC[C@@H](O)CCc1ccc(Cl)cc1. The first-order valence-corrected chi connectivity index (χ1v) is 5.13. The summed E-state index contributed by atoms with van der Waals surface area (Å²) in [6, 6.07) is 7.72. The normalized spacial score (nSPS) is 12.4. The van der Waals surface area contributed by atoms with Crippen molar-refractivity contribution in [3.05, 3.63) is 47.5 Å². The summed E-state index contributed by atoms with van der Waals surface area (Å²) < 4.78 is 0. The number of rotatable bonds is 5. The van der Waals surface area contributed by atoms with Gasteiger partial charge >= 0.3 is 0 Å². The van der Waals surface area contributed by atoms with E-state index in [9.17, 15) is 5.11 Å². The third kappa shape index (κ3) is 3.95. The van der Waals surface area contributed by atoms with E-state index in [0.29, 0.717) is 6.42 Å². The van der Waals surface area contributed by atoms with E-state index < -0.39 is 0 Å². The van der Waals surface area contributed by atoms with Crippen molar-refractivity contribution in [1.82, 2.24) is 0 Å². The van der Waals surface area contributed by atoms with E-state index in [1.54, 1.807) is 6.08 Å². The second kappa shape index (κ2) is 5.84. The number of benzene rings is 1. The predicted octanol–water partition coefficient (Wildman–Crippen LogP) is 3.21. The van der Waals surface area contributed by atoms with Gasteiger partial charge in [0.05, 0.1) is 6.10 Å². The second-order valence-electron chi connectivity index (χ2n) is 3.34. The number of aryl methyl sites for hydroxylation is 1. The van der Waals surface area contributed by atoms with Gasteiger partial charge in [0.25, 0.3) is 0 Å². The summed E-state index contributed by atoms with van der Waals surface area (Å²) in [4.78, 5) is 0. The average molecular weight is 211 g/mol. The van der Waals surface area contributed by atoms with Gasteiger partial charge in [-0.2, -0.15) is 0 Å². The molecule has 76 valence electrons. The summed E-state index contributed by atoms with van der Waals surface area (Å²) in [5.41, 5.74) is 1.21. The number of hydrogen-bond donors (Lipinski definition) is 1. The van der Waals surface area contributed by atoms with Gasteiger partial charge in [0.2, 0.25) is 0 Å². The lowest BCUT2D eigenvalue weighted by atomic mass is 10.1. The molecule has 0 amide bonds. The molecule has 1 aromatic carbocycles. The fraction of sp³-hybridized carbons (Fsp3) is 0.333. The van der Waals surface area contributed by atoms with Crippen molar-refractivity contribution in [2.75, 3.05) is 0 Å². The maximum atomic E-state index is 9.47. The molecular formula is C12H15ClO. The van der Waals surface area contributed by atoms with Gasteiger partial charge in [-0.25, -0.2) is 0 Å². The highest BCUT2D eigenvalue weighted by molar-refractivity contribution is 6.30. The number of halogens is 1. The monoisotopic (exact) mass is 210 g/mol. The topological polar surface area (TPSA) is 20.2 Å². The van der Waals surface area contributed by atoms with Crippen molar-refractivity contribution in [3.63, 3.8) is 0 Å². The molecule has 1 nitrogen and oxygen atoms in total. The number of hydrogen-bond acceptors (Lipinski definition) is 1. The van der Waals surface area contributed by atoms with Crippen LogP contribution in [0.15, 0.2) is 36.9 Å². The Morgan fingerprint density at radius 3 is 2.57 bits per heavy atom. The van der Waals surface area contributed by atoms with Gasteiger partial charge in [0.15, 0.2) is 0 Å². The van der Waals surface area contributed by atoms with Crippen LogP contribution in [-0.2, 0) is 6.42 Å². The molecule has 1 aromatic rings. The molecule has 0 aliphatic rings. The van der Waals surface area contributed by atoms with Gasteiger partial charge in [-0.05, 0) is 37.0 Å². The van der Waals surface area contributed by atoms with Gasteiger partial charge in [-0.3, -0.25) is 0 Å². The Balaban J connectivity index is 2.37. The van der Waals surface area contributed by atoms with Gasteiger partial charge < -0.3 is 5.11 Å². The summed E-state index contributed by atoms with van der Waals surface area (Å²) in [6.45, 7) is 3.59. The first-order chi connectivity index (χ1) is 6.72. The van der Waals surface area contributed by atoms with E-state index in [0.717, 1.165) is 17.9 Å². The smallest absolute Gasteiger partial charge is 0.0577 e. The largest absolute Gasteiger partial charge is 0.393 e. The lowest BCUT2D eigenvalue weighted by molar-refractivity contribution is 0.168. The molecular weight excluding hydrogens is 196 g/mol. The Labute approximate surface area is 90.0 Å². The van der Waals surface area contributed by atoms with Crippen LogP contribution in [0.4, 0.5) is 0 Å². The van der Waals surface area contributed by atoms with Gasteiger partial charge in [-0.15, -0.1) is 6.58 Å². The fourth-order valence-corrected chi connectivity index (χ4v) is 1.42. The highest BCUT2D eigenvalue weighted by atomic mass is 35.5. The van der Waals surface area contributed by atoms with Crippen molar-refractivity contribution in [1.29, 1.82) is 0 Å². The van der Waals surface area contributed by atoms with Crippen LogP contribution in [0.3, 0.4) is 0 Å². The highest BCUT2D eigenvalue weighted by Gasteiger charge is 2.01. The van der Waals surface area contributed by atoms with Gasteiger partial charge in [0, 0.05) is 5.02 Å². The van der Waals surface area contributed by atoms with Crippen LogP contribution in [0.5, 0.6) is 0 Å². The Kier molecular flexibility index (Phi) is 4.71. The quantitative estimate of drug-likeness (QED) is 0.740.